The molecule has 0 aliphatic heterocycles. The topological polar surface area (TPSA) is 60.2 Å². The summed E-state index contributed by atoms with van der Waals surface area (Å²) in [5.74, 6) is 0.764. The number of thioether (sulfide) groups is 1. The van der Waals surface area contributed by atoms with Crippen molar-refractivity contribution < 1.29 is 14.2 Å². The van der Waals surface area contributed by atoms with Crippen molar-refractivity contribution in [3.05, 3.63) is 66.2 Å². The lowest BCUT2D eigenvalue weighted by Crippen LogP contribution is -2.22. The van der Waals surface area contributed by atoms with E-state index in [2.05, 4.69) is 10.2 Å². The maximum Gasteiger partial charge on any atom is 0.196 e. The van der Waals surface area contributed by atoms with Gasteiger partial charge in [-0.3, -0.25) is 4.57 Å². The van der Waals surface area contributed by atoms with Crippen molar-refractivity contribution in [3.8, 4) is 11.4 Å². The first-order valence-corrected chi connectivity index (χ1v) is 9.15. The summed E-state index contributed by atoms with van der Waals surface area (Å²) in [5, 5.41) is 19.1. The molecular weight excluding hydrogens is 353 g/mol. The second-order valence-electron chi connectivity index (χ2n) is 6.39. The van der Waals surface area contributed by atoms with Crippen molar-refractivity contribution in [1.29, 1.82) is 0 Å². The molecule has 1 N–H and O–H groups in total. The van der Waals surface area contributed by atoms with Crippen LogP contribution in [0.5, 0.6) is 5.75 Å². The minimum atomic E-state index is -0.831. The molecule has 0 fully saturated rings. The van der Waals surface area contributed by atoms with Gasteiger partial charge in [0.05, 0.1) is 5.60 Å². The number of aromatic nitrogens is 3. The monoisotopic (exact) mass is 373 g/mol. The van der Waals surface area contributed by atoms with Crippen molar-refractivity contribution in [2.45, 2.75) is 31.2 Å². The molecule has 1 heterocycles. The van der Waals surface area contributed by atoms with Crippen LogP contribution in [0.25, 0.3) is 5.69 Å². The van der Waals surface area contributed by atoms with Crippen LogP contribution < -0.4 is 4.74 Å². The molecule has 136 valence electrons. The summed E-state index contributed by atoms with van der Waals surface area (Å²) in [7, 11) is 0. The number of para-hydroxylation sites is 2. The van der Waals surface area contributed by atoms with Crippen LogP contribution in [-0.2, 0) is 6.61 Å². The van der Waals surface area contributed by atoms with Crippen LogP contribution in [0, 0.1) is 5.82 Å². The van der Waals surface area contributed by atoms with Crippen molar-refractivity contribution in [2.75, 3.05) is 5.75 Å². The summed E-state index contributed by atoms with van der Waals surface area (Å²) in [5.41, 5.74) is 0.0463. The molecule has 1 aromatic heterocycles. The SMILES string of the molecule is CC(C)(O)CSc1nnc(COc2ccccc2F)n1-c1ccccc1. The number of ether oxygens (including phenoxy) is 1. The van der Waals surface area contributed by atoms with E-state index < -0.39 is 11.4 Å². The van der Waals surface area contributed by atoms with E-state index in [-0.39, 0.29) is 12.4 Å². The smallest absolute Gasteiger partial charge is 0.196 e. The van der Waals surface area contributed by atoms with Crippen molar-refractivity contribution >= 4 is 11.8 Å². The Bertz CT molecular complexity index is 863. The summed E-state index contributed by atoms with van der Waals surface area (Å²) >= 11 is 1.40. The van der Waals surface area contributed by atoms with Gasteiger partial charge in [-0.2, -0.15) is 0 Å². The Hall–Kier alpha value is -2.38. The summed E-state index contributed by atoms with van der Waals surface area (Å²) in [6.07, 6.45) is 0. The molecule has 5 nitrogen and oxygen atoms in total. The summed E-state index contributed by atoms with van der Waals surface area (Å²) < 4.78 is 21.2. The van der Waals surface area contributed by atoms with E-state index in [1.54, 1.807) is 32.0 Å². The normalized spacial score (nSPS) is 11.5. The van der Waals surface area contributed by atoms with Crippen LogP contribution in [-0.4, -0.2) is 31.2 Å². The van der Waals surface area contributed by atoms with Gasteiger partial charge in [0, 0.05) is 11.4 Å². The highest BCUT2D eigenvalue weighted by atomic mass is 32.2. The Balaban J connectivity index is 1.87. The van der Waals surface area contributed by atoms with Crippen molar-refractivity contribution in [3.63, 3.8) is 0 Å². The number of benzene rings is 2. The average Bonchev–Trinajstić information content (AvgIpc) is 3.02. The highest BCUT2D eigenvalue weighted by Gasteiger charge is 2.19. The lowest BCUT2D eigenvalue weighted by atomic mass is 10.2. The quantitative estimate of drug-likeness (QED) is 0.638. The third-order valence-corrected chi connectivity index (χ3v) is 4.84. The van der Waals surface area contributed by atoms with E-state index in [9.17, 15) is 9.50 Å². The molecule has 0 amide bonds. The van der Waals surface area contributed by atoms with E-state index in [1.165, 1.54) is 17.8 Å². The first kappa shape index (κ1) is 18.4. The number of aliphatic hydroxyl groups is 1. The first-order valence-electron chi connectivity index (χ1n) is 8.16. The summed E-state index contributed by atoms with van der Waals surface area (Å²) in [6, 6.07) is 15.9. The zero-order valence-corrected chi connectivity index (χ0v) is 15.4. The van der Waals surface area contributed by atoms with E-state index in [0.717, 1.165) is 5.69 Å². The van der Waals surface area contributed by atoms with E-state index in [4.69, 9.17) is 4.74 Å². The fraction of sp³-hybridized carbons (Fsp3) is 0.263. The third kappa shape index (κ3) is 4.62. The number of halogens is 1. The molecule has 3 rings (SSSR count). The molecule has 0 saturated carbocycles. The second-order valence-corrected chi connectivity index (χ2v) is 7.33. The minimum absolute atomic E-state index is 0.0753. The van der Waals surface area contributed by atoms with Gasteiger partial charge in [-0.25, -0.2) is 4.39 Å². The molecule has 0 radical (unpaired) electrons. The highest BCUT2D eigenvalue weighted by Crippen LogP contribution is 2.26. The molecule has 0 atom stereocenters. The number of hydrogen-bond acceptors (Lipinski definition) is 5. The van der Waals surface area contributed by atoms with Gasteiger partial charge in [0.25, 0.3) is 0 Å². The minimum Gasteiger partial charge on any atom is -0.483 e. The predicted octanol–water partition coefficient (Wildman–Crippen LogP) is 3.85. The van der Waals surface area contributed by atoms with Gasteiger partial charge in [0.2, 0.25) is 0 Å². The average molecular weight is 373 g/mol. The summed E-state index contributed by atoms with van der Waals surface area (Å²) in [4.78, 5) is 0. The van der Waals surface area contributed by atoms with Crippen LogP contribution in [0.2, 0.25) is 0 Å². The fourth-order valence-corrected chi connectivity index (χ4v) is 3.19. The molecule has 0 spiro atoms. The molecule has 0 saturated heterocycles. The lowest BCUT2D eigenvalue weighted by molar-refractivity contribution is 0.107. The molecule has 26 heavy (non-hydrogen) atoms. The van der Waals surface area contributed by atoms with Gasteiger partial charge < -0.3 is 9.84 Å². The number of nitrogens with zero attached hydrogens (tertiary/aromatic N) is 3. The van der Waals surface area contributed by atoms with Gasteiger partial charge in [0.15, 0.2) is 22.5 Å². The first-order chi connectivity index (χ1) is 12.4. The molecular formula is C19H20FN3O2S. The third-order valence-electron chi connectivity index (χ3n) is 3.46. The van der Waals surface area contributed by atoms with Gasteiger partial charge in [-0.05, 0) is 38.1 Å². The zero-order valence-electron chi connectivity index (χ0n) is 14.6. The van der Waals surface area contributed by atoms with Gasteiger partial charge in [-0.1, -0.05) is 42.1 Å². The molecule has 7 heteroatoms. The standard InChI is InChI=1S/C19H20FN3O2S/c1-19(2,24)13-26-18-22-21-17(23(18)14-8-4-3-5-9-14)12-25-16-11-7-6-10-15(16)20/h3-11,24H,12-13H2,1-2H3. The van der Waals surface area contributed by atoms with Crippen molar-refractivity contribution in [2.24, 2.45) is 0 Å². The van der Waals surface area contributed by atoms with Gasteiger partial charge in [0.1, 0.15) is 6.61 Å². The lowest BCUT2D eigenvalue weighted by Gasteiger charge is -2.16. The Kier molecular flexibility index (Phi) is 5.58. The van der Waals surface area contributed by atoms with E-state index in [1.807, 2.05) is 34.9 Å². The molecule has 3 aromatic rings. The molecule has 0 aliphatic rings. The highest BCUT2D eigenvalue weighted by molar-refractivity contribution is 7.99. The van der Waals surface area contributed by atoms with E-state index in [0.29, 0.717) is 16.7 Å². The Morgan fingerprint density at radius 3 is 2.46 bits per heavy atom. The van der Waals surface area contributed by atoms with Crippen LogP contribution >= 0.6 is 11.8 Å². The number of rotatable bonds is 7. The molecule has 0 aliphatic carbocycles. The second kappa shape index (κ2) is 7.88. The van der Waals surface area contributed by atoms with Crippen LogP contribution in [0.3, 0.4) is 0 Å². The van der Waals surface area contributed by atoms with E-state index >= 15 is 0 Å². The fourth-order valence-electron chi connectivity index (χ4n) is 2.27. The van der Waals surface area contributed by atoms with Crippen LogP contribution in [0.1, 0.15) is 19.7 Å². The number of hydrogen-bond donors (Lipinski definition) is 1. The summed E-state index contributed by atoms with van der Waals surface area (Å²) in [6.45, 7) is 3.56. The van der Waals surface area contributed by atoms with Crippen LogP contribution in [0.15, 0.2) is 59.8 Å². The van der Waals surface area contributed by atoms with Crippen molar-refractivity contribution in [1.82, 2.24) is 14.8 Å². The van der Waals surface area contributed by atoms with Crippen LogP contribution in [0.4, 0.5) is 4.39 Å². The Morgan fingerprint density at radius 2 is 1.77 bits per heavy atom. The maximum atomic E-state index is 13.8. The van der Waals surface area contributed by atoms with Gasteiger partial charge in [-0.15, -0.1) is 10.2 Å². The molecule has 2 aromatic carbocycles. The zero-order chi connectivity index (χ0) is 18.6. The maximum absolute atomic E-state index is 13.8. The molecule has 0 bridgehead atoms. The van der Waals surface area contributed by atoms with Gasteiger partial charge >= 0.3 is 0 Å². The Morgan fingerprint density at radius 1 is 1.08 bits per heavy atom. The molecule has 0 unspecified atom stereocenters. The largest absolute Gasteiger partial charge is 0.483 e. The Labute approximate surface area is 155 Å². The predicted molar refractivity (Wildman–Crippen MR) is 99.1 cm³/mol.